The van der Waals surface area contributed by atoms with Crippen LogP contribution in [0, 0.1) is 17.6 Å². The Balaban J connectivity index is 1.65. The summed E-state index contributed by atoms with van der Waals surface area (Å²) in [5, 5.41) is 10.1. The van der Waals surface area contributed by atoms with E-state index < -0.39 is 17.2 Å². The number of rotatable bonds is 3. The zero-order valence-corrected chi connectivity index (χ0v) is 9.50. The van der Waals surface area contributed by atoms with Gasteiger partial charge in [-0.2, -0.15) is 0 Å². The van der Waals surface area contributed by atoms with Gasteiger partial charge in [0.25, 0.3) is 0 Å². The Labute approximate surface area is 98.9 Å². The van der Waals surface area contributed by atoms with Gasteiger partial charge in [0.05, 0.1) is 5.60 Å². The monoisotopic (exact) mass is 239 g/mol. The Morgan fingerprint density at radius 1 is 1.24 bits per heavy atom. The van der Waals surface area contributed by atoms with E-state index in [1.54, 1.807) is 0 Å². The summed E-state index contributed by atoms with van der Waals surface area (Å²) in [6, 6.07) is 3.90. The molecule has 1 heterocycles. The third-order valence-corrected chi connectivity index (χ3v) is 3.78. The fraction of sp³-hybridized carbons (Fsp3) is 0.538. The van der Waals surface area contributed by atoms with E-state index in [0.29, 0.717) is 19.0 Å². The Morgan fingerprint density at radius 3 is 2.35 bits per heavy atom. The van der Waals surface area contributed by atoms with Crippen molar-refractivity contribution in [2.24, 2.45) is 5.92 Å². The standard InChI is InChI=1S/C13H15F2NO/c14-11-2-1-3-12(15)10(11)6-16-7-13(17,8-16)9-4-5-9/h1-3,9,17H,4-8H2. The number of β-amino-alcohol motifs (C(OH)–C–C–N with tert-alkyl or cyclic N) is 1. The van der Waals surface area contributed by atoms with Crippen molar-refractivity contribution in [3.63, 3.8) is 0 Å². The lowest BCUT2D eigenvalue weighted by Crippen LogP contribution is -2.62. The Morgan fingerprint density at radius 2 is 1.82 bits per heavy atom. The van der Waals surface area contributed by atoms with Crippen molar-refractivity contribution in [2.75, 3.05) is 13.1 Å². The van der Waals surface area contributed by atoms with Gasteiger partial charge in [0.15, 0.2) is 0 Å². The van der Waals surface area contributed by atoms with E-state index in [0.717, 1.165) is 12.8 Å². The molecule has 92 valence electrons. The fourth-order valence-electron chi connectivity index (χ4n) is 2.63. The molecule has 0 atom stereocenters. The molecule has 0 spiro atoms. The first kappa shape index (κ1) is 11.1. The molecular formula is C13H15F2NO. The third kappa shape index (κ3) is 1.96. The number of aliphatic hydroxyl groups is 1. The summed E-state index contributed by atoms with van der Waals surface area (Å²) >= 11 is 0. The maximum Gasteiger partial charge on any atom is 0.130 e. The number of hydrogen-bond donors (Lipinski definition) is 1. The van der Waals surface area contributed by atoms with E-state index in [1.165, 1.54) is 18.2 Å². The smallest absolute Gasteiger partial charge is 0.130 e. The minimum atomic E-state index is -0.596. The van der Waals surface area contributed by atoms with Gasteiger partial charge < -0.3 is 5.11 Å². The first-order chi connectivity index (χ1) is 8.08. The van der Waals surface area contributed by atoms with Crippen LogP contribution in [0.5, 0.6) is 0 Å². The lowest BCUT2D eigenvalue weighted by atomic mass is 9.88. The van der Waals surface area contributed by atoms with Crippen molar-refractivity contribution < 1.29 is 13.9 Å². The molecule has 2 aliphatic rings. The molecule has 0 bridgehead atoms. The van der Waals surface area contributed by atoms with Crippen LogP contribution in [0.3, 0.4) is 0 Å². The quantitative estimate of drug-likeness (QED) is 0.871. The van der Waals surface area contributed by atoms with E-state index in [9.17, 15) is 13.9 Å². The van der Waals surface area contributed by atoms with Gasteiger partial charge in [0.1, 0.15) is 11.6 Å². The van der Waals surface area contributed by atoms with Gasteiger partial charge >= 0.3 is 0 Å². The first-order valence-corrected chi connectivity index (χ1v) is 5.96. The van der Waals surface area contributed by atoms with Crippen molar-refractivity contribution in [3.05, 3.63) is 35.4 Å². The first-order valence-electron chi connectivity index (χ1n) is 5.96. The minimum Gasteiger partial charge on any atom is -0.387 e. The Bertz CT molecular complexity index is 419. The summed E-state index contributed by atoms with van der Waals surface area (Å²) in [5.74, 6) is -0.608. The summed E-state index contributed by atoms with van der Waals surface area (Å²) in [4.78, 5) is 1.89. The highest BCUT2D eigenvalue weighted by molar-refractivity contribution is 5.20. The lowest BCUT2D eigenvalue weighted by molar-refractivity contribution is -0.117. The Kier molecular flexibility index (Phi) is 2.45. The van der Waals surface area contributed by atoms with Gasteiger partial charge in [-0.1, -0.05) is 6.07 Å². The zero-order chi connectivity index (χ0) is 12.0. The average molecular weight is 239 g/mol. The van der Waals surface area contributed by atoms with Crippen LogP contribution in [0.15, 0.2) is 18.2 Å². The summed E-state index contributed by atoms with van der Waals surface area (Å²) in [6.45, 7) is 1.31. The normalized spacial score (nSPS) is 23.5. The summed E-state index contributed by atoms with van der Waals surface area (Å²) < 4.78 is 26.8. The minimum absolute atomic E-state index is 0.102. The molecule has 2 nitrogen and oxygen atoms in total. The molecule has 17 heavy (non-hydrogen) atoms. The highest BCUT2D eigenvalue weighted by atomic mass is 19.1. The molecule has 0 unspecified atom stereocenters. The maximum atomic E-state index is 13.4. The largest absolute Gasteiger partial charge is 0.387 e. The second-order valence-electron chi connectivity index (χ2n) is 5.22. The molecule has 1 aliphatic heterocycles. The van der Waals surface area contributed by atoms with Crippen molar-refractivity contribution in [3.8, 4) is 0 Å². The average Bonchev–Trinajstić information content (AvgIpc) is 3.04. The summed E-state index contributed by atoms with van der Waals surface area (Å²) in [6.07, 6.45) is 2.16. The van der Waals surface area contributed by atoms with Gasteiger partial charge in [-0.3, -0.25) is 4.90 Å². The van der Waals surface area contributed by atoms with E-state index in [4.69, 9.17) is 0 Å². The molecule has 1 aliphatic carbocycles. The topological polar surface area (TPSA) is 23.5 Å². The van der Waals surface area contributed by atoms with Gasteiger partial charge in [-0.05, 0) is 30.9 Å². The molecule has 0 radical (unpaired) electrons. The van der Waals surface area contributed by atoms with Crippen LogP contribution < -0.4 is 0 Å². The van der Waals surface area contributed by atoms with Gasteiger partial charge in [0.2, 0.25) is 0 Å². The van der Waals surface area contributed by atoms with E-state index in [1.807, 2.05) is 4.90 Å². The predicted molar refractivity (Wildman–Crippen MR) is 59.3 cm³/mol. The molecule has 0 aromatic heterocycles. The fourth-order valence-corrected chi connectivity index (χ4v) is 2.63. The van der Waals surface area contributed by atoms with E-state index in [2.05, 4.69) is 0 Å². The van der Waals surface area contributed by atoms with Crippen LogP contribution in [0.1, 0.15) is 18.4 Å². The number of hydrogen-bond acceptors (Lipinski definition) is 2. The molecule has 1 aromatic rings. The maximum absolute atomic E-state index is 13.4. The van der Waals surface area contributed by atoms with Crippen molar-refractivity contribution in [1.29, 1.82) is 0 Å². The van der Waals surface area contributed by atoms with Crippen LogP contribution in [0.4, 0.5) is 8.78 Å². The predicted octanol–water partition coefficient (Wildman–Crippen LogP) is 1.92. The van der Waals surface area contributed by atoms with Crippen molar-refractivity contribution in [2.45, 2.75) is 25.0 Å². The lowest BCUT2D eigenvalue weighted by Gasteiger charge is -2.47. The highest BCUT2D eigenvalue weighted by Gasteiger charge is 2.51. The molecule has 4 heteroatoms. The van der Waals surface area contributed by atoms with Crippen molar-refractivity contribution in [1.82, 2.24) is 4.90 Å². The second kappa shape index (κ2) is 3.75. The molecule has 1 saturated carbocycles. The molecule has 2 fully saturated rings. The zero-order valence-electron chi connectivity index (χ0n) is 9.50. The number of benzene rings is 1. The SMILES string of the molecule is OC1(C2CC2)CN(Cc2c(F)cccc2F)C1. The van der Waals surface area contributed by atoms with Crippen LogP contribution in [0.25, 0.3) is 0 Å². The molecular weight excluding hydrogens is 224 g/mol. The summed E-state index contributed by atoms with van der Waals surface area (Å²) in [7, 11) is 0. The number of likely N-dealkylation sites (tertiary alicyclic amines) is 1. The van der Waals surface area contributed by atoms with Gasteiger partial charge in [-0.15, -0.1) is 0 Å². The second-order valence-corrected chi connectivity index (χ2v) is 5.22. The van der Waals surface area contributed by atoms with Crippen LogP contribution in [-0.4, -0.2) is 28.7 Å². The molecule has 3 rings (SSSR count). The molecule has 1 aromatic carbocycles. The molecule has 1 N–H and O–H groups in total. The third-order valence-electron chi connectivity index (χ3n) is 3.78. The Hall–Kier alpha value is -1.00. The van der Waals surface area contributed by atoms with Crippen molar-refractivity contribution >= 4 is 0 Å². The number of nitrogens with zero attached hydrogens (tertiary/aromatic N) is 1. The molecule has 1 saturated heterocycles. The molecule has 0 amide bonds. The highest BCUT2D eigenvalue weighted by Crippen LogP contribution is 2.44. The van der Waals surface area contributed by atoms with Crippen LogP contribution in [-0.2, 0) is 6.54 Å². The number of halogens is 2. The van der Waals surface area contributed by atoms with Crippen LogP contribution in [0.2, 0.25) is 0 Å². The van der Waals surface area contributed by atoms with Crippen LogP contribution >= 0.6 is 0 Å². The van der Waals surface area contributed by atoms with Gasteiger partial charge in [-0.25, -0.2) is 8.78 Å². The van der Waals surface area contributed by atoms with E-state index >= 15 is 0 Å². The van der Waals surface area contributed by atoms with Gasteiger partial charge in [0, 0.05) is 25.2 Å². The summed E-state index contributed by atoms with van der Waals surface area (Å²) in [5.41, 5.74) is -0.493. The van der Waals surface area contributed by atoms with E-state index in [-0.39, 0.29) is 12.1 Å².